The molecular weight excluding hydrogens is 322 g/mol. The summed E-state index contributed by atoms with van der Waals surface area (Å²) in [5.74, 6) is 1.20. The first-order valence-corrected chi connectivity index (χ1v) is 7.88. The SMILES string of the molecule is COc1ccc(-c2nc(CCNC(=O)C(C)n3cncn3)co2)cc1. The highest BCUT2D eigenvalue weighted by molar-refractivity contribution is 5.79. The topological polar surface area (TPSA) is 95.1 Å². The summed E-state index contributed by atoms with van der Waals surface area (Å²) in [6, 6.07) is 7.07. The molecule has 8 heteroatoms. The number of aromatic nitrogens is 4. The van der Waals surface area contributed by atoms with Gasteiger partial charge in [0.05, 0.1) is 12.8 Å². The molecular formula is C17H19N5O3. The normalized spacial score (nSPS) is 11.9. The molecule has 130 valence electrons. The maximum Gasteiger partial charge on any atom is 0.244 e. The number of ether oxygens (including phenoxy) is 1. The molecule has 0 aliphatic carbocycles. The Balaban J connectivity index is 1.52. The lowest BCUT2D eigenvalue weighted by Crippen LogP contribution is -2.32. The molecule has 25 heavy (non-hydrogen) atoms. The van der Waals surface area contributed by atoms with Crippen LogP contribution in [0.4, 0.5) is 0 Å². The smallest absolute Gasteiger partial charge is 0.244 e. The van der Waals surface area contributed by atoms with Gasteiger partial charge >= 0.3 is 0 Å². The van der Waals surface area contributed by atoms with Gasteiger partial charge in [0.15, 0.2) is 0 Å². The largest absolute Gasteiger partial charge is 0.497 e. The van der Waals surface area contributed by atoms with Crippen molar-refractivity contribution >= 4 is 5.91 Å². The van der Waals surface area contributed by atoms with E-state index >= 15 is 0 Å². The van der Waals surface area contributed by atoms with Crippen molar-refractivity contribution in [3.05, 3.63) is 48.9 Å². The number of hydrogen-bond donors (Lipinski definition) is 1. The summed E-state index contributed by atoms with van der Waals surface area (Å²) in [4.78, 5) is 20.3. The van der Waals surface area contributed by atoms with Crippen LogP contribution in [0.15, 0.2) is 47.6 Å². The number of nitrogens with zero attached hydrogens (tertiary/aromatic N) is 4. The van der Waals surface area contributed by atoms with Gasteiger partial charge < -0.3 is 14.5 Å². The van der Waals surface area contributed by atoms with E-state index in [4.69, 9.17) is 9.15 Å². The fourth-order valence-electron chi connectivity index (χ4n) is 2.29. The number of carbonyl (C=O) groups is 1. The Hall–Kier alpha value is -3.16. The standard InChI is InChI=1S/C17H19N5O3/c1-12(22-11-18-10-20-22)16(23)19-8-7-14-9-25-17(21-14)13-3-5-15(24-2)6-4-13/h3-6,9-12H,7-8H2,1-2H3,(H,19,23). The molecule has 3 rings (SSSR count). The number of benzene rings is 1. The second kappa shape index (κ2) is 7.61. The molecule has 3 aromatic rings. The molecule has 8 nitrogen and oxygen atoms in total. The highest BCUT2D eigenvalue weighted by atomic mass is 16.5. The van der Waals surface area contributed by atoms with Gasteiger partial charge in [-0.1, -0.05) is 0 Å². The van der Waals surface area contributed by atoms with E-state index in [1.807, 2.05) is 24.3 Å². The third-order valence-corrected chi connectivity index (χ3v) is 3.78. The highest BCUT2D eigenvalue weighted by Crippen LogP contribution is 2.21. The van der Waals surface area contributed by atoms with Crippen LogP contribution >= 0.6 is 0 Å². The van der Waals surface area contributed by atoms with Gasteiger partial charge in [0.2, 0.25) is 11.8 Å². The van der Waals surface area contributed by atoms with Crippen molar-refractivity contribution in [3.8, 4) is 17.2 Å². The maximum atomic E-state index is 12.1. The number of amides is 1. The molecule has 1 unspecified atom stereocenters. The van der Waals surface area contributed by atoms with Crippen molar-refractivity contribution < 1.29 is 13.9 Å². The van der Waals surface area contributed by atoms with Crippen LogP contribution in [0.2, 0.25) is 0 Å². The summed E-state index contributed by atoms with van der Waals surface area (Å²) in [6.45, 7) is 2.23. The molecule has 0 spiro atoms. The summed E-state index contributed by atoms with van der Waals surface area (Å²) < 4.78 is 12.1. The average Bonchev–Trinajstić information content (AvgIpc) is 3.33. The minimum atomic E-state index is -0.408. The molecule has 0 saturated carbocycles. The van der Waals surface area contributed by atoms with E-state index in [1.165, 1.54) is 17.3 Å². The van der Waals surface area contributed by atoms with Crippen LogP contribution in [0, 0.1) is 0 Å². The third kappa shape index (κ3) is 4.03. The molecule has 0 aliphatic rings. The Bertz CT molecular complexity index is 811. The van der Waals surface area contributed by atoms with Gasteiger partial charge in [-0.25, -0.2) is 14.6 Å². The molecule has 0 bridgehead atoms. The number of carbonyl (C=O) groups excluding carboxylic acids is 1. The van der Waals surface area contributed by atoms with Gasteiger partial charge in [-0.2, -0.15) is 5.10 Å². The van der Waals surface area contributed by atoms with Crippen molar-refractivity contribution in [3.63, 3.8) is 0 Å². The first-order chi connectivity index (χ1) is 12.2. The van der Waals surface area contributed by atoms with Gasteiger partial charge in [0, 0.05) is 18.5 Å². The van der Waals surface area contributed by atoms with Crippen LogP contribution in [0.25, 0.3) is 11.5 Å². The monoisotopic (exact) mass is 341 g/mol. The molecule has 0 saturated heterocycles. The Morgan fingerprint density at radius 3 is 2.84 bits per heavy atom. The predicted octanol–water partition coefficient (Wildman–Crippen LogP) is 1.86. The Labute approximate surface area is 144 Å². The minimum absolute atomic E-state index is 0.121. The summed E-state index contributed by atoms with van der Waals surface area (Å²) in [6.07, 6.45) is 5.10. The molecule has 1 aromatic carbocycles. The first kappa shape index (κ1) is 16.7. The summed E-state index contributed by atoms with van der Waals surface area (Å²) in [5.41, 5.74) is 1.65. The van der Waals surface area contributed by atoms with Crippen molar-refractivity contribution in [2.45, 2.75) is 19.4 Å². The van der Waals surface area contributed by atoms with E-state index in [9.17, 15) is 4.79 Å². The van der Waals surface area contributed by atoms with Crippen molar-refractivity contribution in [1.29, 1.82) is 0 Å². The summed E-state index contributed by atoms with van der Waals surface area (Å²) in [7, 11) is 1.62. The Morgan fingerprint density at radius 2 is 2.16 bits per heavy atom. The average molecular weight is 341 g/mol. The minimum Gasteiger partial charge on any atom is -0.497 e. The van der Waals surface area contributed by atoms with E-state index in [1.54, 1.807) is 20.3 Å². The lowest BCUT2D eigenvalue weighted by atomic mass is 10.2. The molecule has 0 radical (unpaired) electrons. The zero-order valence-corrected chi connectivity index (χ0v) is 14.0. The highest BCUT2D eigenvalue weighted by Gasteiger charge is 2.15. The van der Waals surface area contributed by atoms with Gasteiger partial charge in [0.25, 0.3) is 0 Å². The lowest BCUT2D eigenvalue weighted by Gasteiger charge is -2.11. The molecule has 0 aliphatic heterocycles. The van der Waals surface area contributed by atoms with E-state index in [0.717, 1.165) is 17.0 Å². The van der Waals surface area contributed by atoms with Crippen LogP contribution in [0.3, 0.4) is 0 Å². The molecule has 1 atom stereocenters. The predicted molar refractivity (Wildman–Crippen MR) is 89.9 cm³/mol. The van der Waals surface area contributed by atoms with Crippen molar-refractivity contribution in [2.24, 2.45) is 0 Å². The molecule has 0 fully saturated rings. The van der Waals surface area contributed by atoms with E-state index < -0.39 is 6.04 Å². The Morgan fingerprint density at radius 1 is 1.36 bits per heavy atom. The van der Waals surface area contributed by atoms with Crippen LogP contribution in [0.1, 0.15) is 18.7 Å². The second-order valence-electron chi connectivity index (χ2n) is 5.46. The quantitative estimate of drug-likeness (QED) is 0.705. The van der Waals surface area contributed by atoms with Crippen molar-refractivity contribution in [1.82, 2.24) is 25.1 Å². The number of rotatable bonds is 7. The number of nitrogens with one attached hydrogen (secondary N) is 1. The molecule has 1 amide bonds. The van der Waals surface area contributed by atoms with Gasteiger partial charge in [0.1, 0.15) is 30.7 Å². The van der Waals surface area contributed by atoms with E-state index in [0.29, 0.717) is 18.9 Å². The van der Waals surface area contributed by atoms with Crippen LogP contribution < -0.4 is 10.1 Å². The van der Waals surface area contributed by atoms with E-state index in [-0.39, 0.29) is 5.91 Å². The summed E-state index contributed by atoms with van der Waals surface area (Å²) >= 11 is 0. The first-order valence-electron chi connectivity index (χ1n) is 7.88. The molecule has 1 N–H and O–H groups in total. The number of methoxy groups -OCH3 is 1. The van der Waals surface area contributed by atoms with Crippen molar-refractivity contribution in [2.75, 3.05) is 13.7 Å². The fourth-order valence-corrected chi connectivity index (χ4v) is 2.29. The number of hydrogen-bond acceptors (Lipinski definition) is 6. The zero-order chi connectivity index (χ0) is 17.6. The summed E-state index contributed by atoms with van der Waals surface area (Å²) in [5, 5.41) is 6.82. The van der Waals surface area contributed by atoms with Gasteiger partial charge in [-0.05, 0) is 31.2 Å². The van der Waals surface area contributed by atoms with Gasteiger partial charge in [-0.15, -0.1) is 0 Å². The zero-order valence-electron chi connectivity index (χ0n) is 14.0. The molecule has 2 heterocycles. The second-order valence-corrected chi connectivity index (χ2v) is 5.46. The van der Waals surface area contributed by atoms with Crippen LogP contribution in [-0.2, 0) is 11.2 Å². The van der Waals surface area contributed by atoms with Crippen LogP contribution in [-0.4, -0.2) is 39.3 Å². The third-order valence-electron chi connectivity index (χ3n) is 3.78. The maximum absolute atomic E-state index is 12.1. The molecule has 2 aromatic heterocycles. The fraction of sp³-hybridized carbons (Fsp3) is 0.294. The van der Waals surface area contributed by atoms with Crippen LogP contribution in [0.5, 0.6) is 5.75 Å². The lowest BCUT2D eigenvalue weighted by molar-refractivity contribution is -0.124. The Kier molecular flexibility index (Phi) is 5.08. The van der Waals surface area contributed by atoms with Gasteiger partial charge in [-0.3, -0.25) is 4.79 Å². The number of oxazole rings is 1. The van der Waals surface area contributed by atoms with E-state index in [2.05, 4.69) is 20.4 Å².